The average Bonchev–Trinajstić information content (AvgIpc) is 3.19. The smallest absolute Gasteiger partial charge is 0.226 e. The Morgan fingerprint density at radius 2 is 2.00 bits per heavy atom. The SMILES string of the molecule is NC(c1noc(CCCc2ccccc2)n1)C1CC1. The van der Waals surface area contributed by atoms with Crippen LogP contribution in [0.3, 0.4) is 0 Å². The third-order valence-electron chi connectivity index (χ3n) is 3.61. The van der Waals surface area contributed by atoms with Gasteiger partial charge in [0, 0.05) is 6.42 Å². The molecule has 1 heterocycles. The molecule has 1 aromatic carbocycles. The van der Waals surface area contributed by atoms with Crippen molar-refractivity contribution in [1.29, 1.82) is 0 Å². The van der Waals surface area contributed by atoms with E-state index in [-0.39, 0.29) is 6.04 Å². The molecule has 0 bridgehead atoms. The predicted octanol–water partition coefficient (Wildman–Crippen LogP) is 2.65. The molecule has 4 heteroatoms. The average molecular weight is 257 g/mol. The van der Waals surface area contributed by atoms with E-state index in [1.165, 1.54) is 18.4 Å². The molecule has 19 heavy (non-hydrogen) atoms. The Labute approximate surface area is 113 Å². The maximum atomic E-state index is 6.05. The minimum atomic E-state index is -0.0355. The molecule has 1 aliphatic rings. The minimum Gasteiger partial charge on any atom is -0.339 e. The first-order chi connectivity index (χ1) is 9.33. The zero-order valence-corrected chi connectivity index (χ0v) is 11.0. The van der Waals surface area contributed by atoms with Crippen molar-refractivity contribution in [1.82, 2.24) is 10.1 Å². The third-order valence-corrected chi connectivity index (χ3v) is 3.61. The van der Waals surface area contributed by atoms with Gasteiger partial charge in [0.15, 0.2) is 5.82 Å². The van der Waals surface area contributed by atoms with Crippen molar-refractivity contribution in [2.45, 2.75) is 38.1 Å². The Kier molecular flexibility index (Phi) is 3.60. The minimum absolute atomic E-state index is 0.0355. The molecule has 0 saturated heterocycles. The summed E-state index contributed by atoms with van der Waals surface area (Å²) >= 11 is 0. The first kappa shape index (κ1) is 12.4. The first-order valence-corrected chi connectivity index (χ1v) is 6.95. The van der Waals surface area contributed by atoms with Crippen LogP contribution in [-0.2, 0) is 12.8 Å². The Hall–Kier alpha value is -1.68. The van der Waals surface area contributed by atoms with Gasteiger partial charge in [-0.05, 0) is 37.2 Å². The van der Waals surface area contributed by atoms with Crippen LogP contribution in [0.5, 0.6) is 0 Å². The molecule has 1 atom stereocenters. The topological polar surface area (TPSA) is 64.9 Å². The Morgan fingerprint density at radius 3 is 2.74 bits per heavy atom. The molecule has 0 radical (unpaired) electrons. The van der Waals surface area contributed by atoms with E-state index >= 15 is 0 Å². The summed E-state index contributed by atoms with van der Waals surface area (Å²) in [4.78, 5) is 4.40. The lowest BCUT2D eigenvalue weighted by molar-refractivity contribution is 0.365. The summed E-state index contributed by atoms with van der Waals surface area (Å²) in [5.74, 6) is 1.95. The molecular weight excluding hydrogens is 238 g/mol. The second-order valence-corrected chi connectivity index (χ2v) is 5.25. The molecule has 4 nitrogen and oxygen atoms in total. The molecule has 1 aliphatic carbocycles. The molecule has 1 aromatic heterocycles. The van der Waals surface area contributed by atoms with Gasteiger partial charge in [0.25, 0.3) is 0 Å². The lowest BCUT2D eigenvalue weighted by Gasteiger charge is -2.01. The highest BCUT2D eigenvalue weighted by Gasteiger charge is 2.32. The van der Waals surface area contributed by atoms with Crippen LogP contribution in [-0.4, -0.2) is 10.1 Å². The van der Waals surface area contributed by atoms with Gasteiger partial charge >= 0.3 is 0 Å². The molecule has 1 unspecified atom stereocenters. The molecule has 2 N–H and O–H groups in total. The van der Waals surface area contributed by atoms with Crippen molar-refractivity contribution < 1.29 is 4.52 Å². The van der Waals surface area contributed by atoms with E-state index in [2.05, 4.69) is 34.4 Å². The van der Waals surface area contributed by atoms with Crippen molar-refractivity contribution >= 4 is 0 Å². The van der Waals surface area contributed by atoms with Crippen LogP contribution in [0.2, 0.25) is 0 Å². The molecule has 2 aromatic rings. The number of aromatic nitrogens is 2. The highest BCUT2D eigenvalue weighted by Crippen LogP contribution is 2.38. The summed E-state index contributed by atoms with van der Waals surface area (Å²) < 4.78 is 5.26. The number of rotatable bonds is 6. The standard InChI is InChI=1S/C15H19N3O/c16-14(12-9-10-12)15-17-13(19-18-15)8-4-7-11-5-2-1-3-6-11/h1-3,5-6,12,14H,4,7-10,16H2. The summed E-state index contributed by atoms with van der Waals surface area (Å²) in [5.41, 5.74) is 7.39. The quantitative estimate of drug-likeness (QED) is 0.864. The number of nitrogens with zero attached hydrogens (tertiary/aromatic N) is 2. The van der Waals surface area contributed by atoms with Crippen LogP contribution in [0.1, 0.15) is 42.6 Å². The van der Waals surface area contributed by atoms with Crippen LogP contribution in [0.15, 0.2) is 34.9 Å². The van der Waals surface area contributed by atoms with Gasteiger partial charge in [-0.2, -0.15) is 4.98 Å². The summed E-state index contributed by atoms with van der Waals surface area (Å²) in [7, 11) is 0. The molecule has 3 rings (SSSR count). The van der Waals surface area contributed by atoms with Crippen LogP contribution in [0.25, 0.3) is 0 Å². The maximum Gasteiger partial charge on any atom is 0.226 e. The normalized spacial score (nSPS) is 16.5. The van der Waals surface area contributed by atoms with Crippen LogP contribution in [0.4, 0.5) is 0 Å². The third kappa shape index (κ3) is 3.20. The van der Waals surface area contributed by atoms with E-state index < -0.39 is 0 Å². The number of benzene rings is 1. The highest BCUT2D eigenvalue weighted by molar-refractivity contribution is 5.14. The maximum absolute atomic E-state index is 6.05. The predicted molar refractivity (Wildman–Crippen MR) is 72.4 cm³/mol. The fourth-order valence-corrected chi connectivity index (χ4v) is 2.26. The number of aryl methyl sites for hydroxylation is 2. The van der Waals surface area contributed by atoms with Crippen LogP contribution >= 0.6 is 0 Å². The fraction of sp³-hybridized carbons (Fsp3) is 0.467. The van der Waals surface area contributed by atoms with Crippen molar-refractivity contribution in [3.63, 3.8) is 0 Å². The van der Waals surface area contributed by atoms with Crippen LogP contribution in [0, 0.1) is 5.92 Å². The van der Waals surface area contributed by atoms with Gasteiger partial charge < -0.3 is 10.3 Å². The van der Waals surface area contributed by atoms with Gasteiger partial charge in [-0.3, -0.25) is 0 Å². The van der Waals surface area contributed by atoms with E-state index in [0.29, 0.717) is 17.6 Å². The number of hydrogen-bond donors (Lipinski definition) is 1. The van der Waals surface area contributed by atoms with Gasteiger partial charge in [-0.15, -0.1) is 0 Å². The summed E-state index contributed by atoms with van der Waals surface area (Å²) in [6.07, 6.45) is 5.26. The molecule has 1 fully saturated rings. The molecule has 0 aliphatic heterocycles. The second-order valence-electron chi connectivity index (χ2n) is 5.25. The second kappa shape index (κ2) is 5.53. The van der Waals surface area contributed by atoms with Gasteiger partial charge in [0.1, 0.15) is 0 Å². The monoisotopic (exact) mass is 257 g/mol. The Morgan fingerprint density at radius 1 is 1.21 bits per heavy atom. The number of nitrogens with two attached hydrogens (primary N) is 1. The zero-order chi connectivity index (χ0) is 13.1. The van der Waals surface area contributed by atoms with E-state index in [0.717, 1.165) is 19.3 Å². The lowest BCUT2D eigenvalue weighted by Crippen LogP contribution is -2.14. The lowest BCUT2D eigenvalue weighted by atomic mass is 10.1. The van der Waals surface area contributed by atoms with Crippen molar-refractivity contribution in [2.75, 3.05) is 0 Å². The van der Waals surface area contributed by atoms with Gasteiger partial charge in [-0.1, -0.05) is 35.5 Å². The Bertz CT molecular complexity index is 519. The van der Waals surface area contributed by atoms with Crippen molar-refractivity contribution in [2.24, 2.45) is 11.7 Å². The van der Waals surface area contributed by atoms with E-state index in [1.54, 1.807) is 0 Å². The Balaban J connectivity index is 1.50. The largest absolute Gasteiger partial charge is 0.339 e. The molecular formula is C15H19N3O. The molecule has 0 amide bonds. The van der Waals surface area contributed by atoms with Crippen LogP contribution < -0.4 is 5.73 Å². The van der Waals surface area contributed by atoms with Crippen molar-refractivity contribution in [3.8, 4) is 0 Å². The first-order valence-electron chi connectivity index (χ1n) is 6.95. The van der Waals surface area contributed by atoms with E-state index in [4.69, 9.17) is 10.3 Å². The van der Waals surface area contributed by atoms with E-state index in [9.17, 15) is 0 Å². The van der Waals surface area contributed by atoms with E-state index in [1.807, 2.05) is 6.07 Å². The fourth-order valence-electron chi connectivity index (χ4n) is 2.26. The number of hydrogen-bond acceptors (Lipinski definition) is 4. The summed E-state index contributed by atoms with van der Waals surface area (Å²) in [6, 6.07) is 10.4. The van der Waals surface area contributed by atoms with Crippen molar-refractivity contribution in [3.05, 3.63) is 47.6 Å². The molecule has 100 valence electrons. The summed E-state index contributed by atoms with van der Waals surface area (Å²) in [5, 5.41) is 3.99. The van der Waals surface area contributed by atoms with Gasteiger partial charge in [0.05, 0.1) is 6.04 Å². The van der Waals surface area contributed by atoms with Gasteiger partial charge in [-0.25, -0.2) is 0 Å². The zero-order valence-electron chi connectivity index (χ0n) is 11.0. The molecule has 0 spiro atoms. The highest BCUT2D eigenvalue weighted by atomic mass is 16.5. The molecule has 1 saturated carbocycles. The summed E-state index contributed by atoms with van der Waals surface area (Å²) in [6.45, 7) is 0. The van der Waals surface area contributed by atoms with Gasteiger partial charge in [0.2, 0.25) is 5.89 Å².